The standard InChI is InChI=1S/C21H34N6O2/c1-3-11-27-12-9-18(10-13-27)26-21(23-4-2)25-14-16-5-7-17(8-6-16)20(29)24-15-19(22)28/h5-8,18H,3-4,9-15H2,1-2H3,(H2,22,28)(H,24,29)(H2,23,25,26). The molecule has 1 aromatic rings. The van der Waals surface area contributed by atoms with E-state index in [-0.39, 0.29) is 12.5 Å². The normalized spacial score (nSPS) is 15.7. The fraction of sp³-hybridized carbons (Fsp3) is 0.571. The number of hydrogen-bond acceptors (Lipinski definition) is 4. The molecule has 0 radical (unpaired) electrons. The summed E-state index contributed by atoms with van der Waals surface area (Å²) in [6.07, 6.45) is 3.45. The molecule has 1 fully saturated rings. The quantitative estimate of drug-likeness (QED) is 0.361. The first-order chi connectivity index (χ1) is 14.0. The highest BCUT2D eigenvalue weighted by Gasteiger charge is 2.19. The second kappa shape index (κ2) is 12.1. The number of benzene rings is 1. The number of rotatable bonds is 9. The van der Waals surface area contributed by atoms with Crippen molar-refractivity contribution in [3.05, 3.63) is 35.4 Å². The van der Waals surface area contributed by atoms with Crippen molar-refractivity contribution in [1.82, 2.24) is 20.9 Å². The molecule has 29 heavy (non-hydrogen) atoms. The number of nitrogens with two attached hydrogens (primary N) is 1. The van der Waals surface area contributed by atoms with Gasteiger partial charge in [0.1, 0.15) is 0 Å². The Kier molecular flexibility index (Phi) is 9.43. The van der Waals surface area contributed by atoms with Crippen molar-refractivity contribution in [3.63, 3.8) is 0 Å². The van der Waals surface area contributed by atoms with Crippen LogP contribution in [0.4, 0.5) is 0 Å². The van der Waals surface area contributed by atoms with Gasteiger partial charge in [-0.25, -0.2) is 4.99 Å². The summed E-state index contributed by atoms with van der Waals surface area (Å²) in [5.41, 5.74) is 6.53. The Balaban J connectivity index is 1.87. The van der Waals surface area contributed by atoms with Gasteiger partial charge in [-0.1, -0.05) is 19.1 Å². The topological polar surface area (TPSA) is 112 Å². The Morgan fingerprint density at radius 2 is 1.83 bits per heavy atom. The van der Waals surface area contributed by atoms with Crippen LogP contribution in [0.3, 0.4) is 0 Å². The zero-order valence-corrected chi connectivity index (χ0v) is 17.5. The number of carbonyl (C=O) groups excluding carboxylic acids is 2. The van der Waals surface area contributed by atoms with Crippen LogP contribution in [0.2, 0.25) is 0 Å². The summed E-state index contributed by atoms with van der Waals surface area (Å²) in [6, 6.07) is 7.64. The molecule has 1 saturated heterocycles. The fourth-order valence-corrected chi connectivity index (χ4v) is 3.33. The van der Waals surface area contributed by atoms with Gasteiger partial charge in [0, 0.05) is 31.2 Å². The van der Waals surface area contributed by atoms with Crippen LogP contribution in [0, 0.1) is 0 Å². The van der Waals surface area contributed by atoms with Gasteiger partial charge < -0.3 is 26.6 Å². The summed E-state index contributed by atoms with van der Waals surface area (Å²) in [7, 11) is 0. The second-order valence-electron chi connectivity index (χ2n) is 7.30. The zero-order valence-electron chi connectivity index (χ0n) is 17.5. The van der Waals surface area contributed by atoms with Crippen LogP contribution in [0.15, 0.2) is 29.3 Å². The Labute approximate surface area is 173 Å². The molecule has 1 aliphatic heterocycles. The zero-order chi connectivity index (χ0) is 21.1. The fourth-order valence-electron chi connectivity index (χ4n) is 3.33. The molecule has 0 bridgehead atoms. The summed E-state index contributed by atoms with van der Waals surface area (Å²) in [5.74, 6) is -0.0585. The van der Waals surface area contributed by atoms with Gasteiger partial charge in [-0.15, -0.1) is 0 Å². The van der Waals surface area contributed by atoms with Crippen molar-refractivity contribution in [3.8, 4) is 0 Å². The molecule has 8 nitrogen and oxygen atoms in total. The number of likely N-dealkylation sites (tertiary alicyclic amines) is 1. The van der Waals surface area contributed by atoms with Gasteiger partial charge in [-0.3, -0.25) is 9.59 Å². The summed E-state index contributed by atoms with van der Waals surface area (Å²) in [6.45, 7) is 8.87. The van der Waals surface area contributed by atoms with E-state index in [0.717, 1.165) is 44.0 Å². The predicted molar refractivity (Wildman–Crippen MR) is 116 cm³/mol. The van der Waals surface area contributed by atoms with Crippen LogP contribution in [0.25, 0.3) is 0 Å². The highest BCUT2D eigenvalue weighted by Crippen LogP contribution is 2.11. The summed E-state index contributed by atoms with van der Waals surface area (Å²) < 4.78 is 0. The van der Waals surface area contributed by atoms with Crippen molar-refractivity contribution in [2.75, 3.05) is 32.7 Å². The lowest BCUT2D eigenvalue weighted by molar-refractivity contribution is -0.117. The van der Waals surface area contributed by atoms with E-state index in [4.69, 9.17) is 5.73 Å². The Hall–Kier alpha value is -2.61. The number of nitrogens with zero attached hydrogens (tertiary/aromatic N) is 2. The van der Waals surface area contributed by atoms with Crippen LogP contribution < -0.4 is 21.7 Å². The Morgan fingerprint density at radius 3 is 2.41 bits per heavy atom. The highest BCUT2D eigenvalue weighted by atomic mass is 16.2. The largest absolute Gasteiger partial charge is 0.368 e. The van der Waals surface area contributed by atoms with Gasteiger partial charge in [0.25, 0.3) is 5.91 Å². The molecule has 0 spiro atoms. The monoisotopic (exact) mass is 402 g/mol. The maximum Gasteiger partial charge on any atom is 0.251 e. The van der Waals surface area contributed by atoms with Crippen molar-refractivity contribution in [1.29, 1.82) is 0 Å². The molecular weight excluding hydrogens is 368 g/mol. The average molecular weight is 403 g/mol. The lowest BCUT2D eigenvalue weighted by atomic mass is 10.1. The van der Waals surface area contributed by atoms with Gasteiger partial charge in [-0.05, 0) is 50.4 Å². The van der Waals surface area contributed by atoms with Crippen LogP contribution in [0.1, 0.15) is 49.0 Å². The first-order valence-corrected chi connectivity index (χ1v) is 10.4. The van der Waals surface area contributed by atoms with E-state index in [9.17, 15) is 9.59 Å². The molecule has 0 unspecified atom stereocenters. The average Bonchev–Trinajstić information content (AvgIpc) is 2.72. The van der Waals surface area contributed by atoms with Crippen molar-refractivity contribution in [2.24, 2.45) is 10.7 Å². The van der Waals surface area contributed by atoms with Crippen LogP contribution in [0.5, 0.6) is 0 Å². The molecule has 0 aromatic heterocycles. The number of piperidine rings is 1. The van der Waals surface area contributed by atoms with Crippen LogP contribution >= 0.6 is 0 Å². The summed E-state index contributed by atoms with van der Waals surface area (Å²) >= 11 is 0. The molecular formula is C21H34N6O2. The van der Waals surface area contributed by atoms with Crippen molar-refractivity contribution < 1.29 is 9.59 Å². The first-order valence-electron chi connectivity index (χ1n) is 10.4. The van der Waals surface area contributed by atoms with E-state index in [1.807, 2.05) is 12.1 Å². The molecule has 1 aliphatic rings. The van der Waals surface area contributed by atoms with Gasteiger partial charge >= 0.3 is 0 Å². The third-order valence-electron chi connectivity index (χ3n) is 4.87. The highest BCUT2D eigenvalue weighted by molar-refractivity contribution is 5.96. The Morgan fingerprint density at radius 1 is 1.14 bits per heavy atom. The van der Waals surface area contributed by atoms with E-state index in [1.165, 1.54) is 13.0 Å². The minimum atomic E-state index is -0.566. The van der Waals surface area contributed by atoms with Crippen molar-refractivity contribution in [2.45, 2.75) is 45.7 Å². The number of nitrogens with one attached hydrogen (secondary N) is 3. The molecule has 0 aliphatic carbocycles. The molecule has 0 saturated carbocycles. The molecule has 5 N–H and O–H groups in total. The summed E-state index contributed by atoms with van der Waals surface area (Å²) in [4.78, 5) is 29.9. The van der Waals surface area contributed by atoms with Crippen molar-refractivity contribution >= 4 is 17.8 Å². The smallest absolute Gasteiger partial charge is 0.251 e. The minimum Gasteiger partial charge on any atom is -0.368 e. The lowest BCUT2D eigenvalue weighted by Gasteiger charge is -2.32. The predicted octanol–water partition coefficient (Wildman–Crippen LogP) is 0.831. The van der Waals surface area contributed by atoms with Crippen LogP contribution in [-0.4, -0.2) is 61.4 Å². The Bertz CT molecular complexity index is 681. The second-order valence-corrected chi connectivity index (χ2v) is 7.30. The minimum absolute atomic E-state index is 0.167. The number of aliphatic imine (C=N–C) groups is 1. The number of carbonyl (C=O) groups is 2. The third kappa shape index (κ3) is 8.11. The third-order valence-corrected chi connectivity index (χ3v) is 4.87. The SMILES string of the molecule is CCCN1CCC(NC(=NCc2ccc(C(=O)NCC(N)=O)cc2)NCC)CC1. The molecule has 8 heteroatoms. The number of hydrogen-bond donors (Lipinski definition) is 4. The molecule has 0 atom stereocenters. The van der Waals surface area contributed by atoms with Gasteiger partial charge in [0.15, 0.2) is 5.96 Å². The molecule has 2 rings (SSSR count). The lowest BCUT2D eigenvalue weighted by Crippen LogP contribution is -2.48. The van der Waals surface area contributed by atoms with E-state index in [2.05, 4.69) is 39.7 Å². The molecule has 1 aromatic carbocycles. The first kappa shape index (κ1) is 22.7. The molecule has 2 amide bonds. The molecule has 1 heterocycles. The van der Waals surface area contributed by atoms with E-state index >= 15 is 0 Å². The van der Waals surface area contributed by atoms with E-state index in [1.54, 1.807) is 12.1 Å². The maximum atomic E-state index is 11.9. The number of primary amides is 1. The molecule has 160 valence electrons. The van der Waals surface area contributed by atoms with E-state index in [0.29, 0.717) is 18.2 Å². The van der Waals surface area contributed by atoms with Gasteiger partial charge in [0.2, 0.25) is 5.91 Å². The van der Waals surface area contributed by atoms with Gasteiger partial charge in [0.05, 0.1) is 13.1 Å². The van der Waals surface area contributed by atoms with Gasteiger partial charge in [-0.2, -0.15) is 0 Å². The maximum absolute atomic E-state index is 11.9. The van der Waals surface area contributed by atoms with E-state index < -0.39 is 5.91 Å². The summed E-state index contributed by atoms with van der Waals surface area (Å²) in [5, 5.41) is 9.34. The number of guanidine groups is 1. The number of amides is 2. The van der Waals surface area contributed by atoms with Crippen LogP contribution in [-0.2, 0) is 11.3 Å².